The van der Waals surface area contributed by atoms with Crippen molar-refractivity contribution in [3.05, 3.63) is 0 Å². The highest BCUT2D eigenvalue weighted by Crippen LogP contribution is 2.60. The second kappa shape index (κ2) is 4.16. The molecule has 0 heterocycles. The summed E-state index contributed by atoms with van der Waals surface area (Å²) < 4.78 is 21.1. The summed E-state index contributed by atoms with van der Waals surface area (Å²) in [7, 11) is -10.1. The number of hydrogen-bond donors (Lipinski definition) is 6. The lowest BCUT2D eigenvalue weighted by Gasteiger charge is -2.23. The molecule has 0 aromatic heterocycles. The van der Waals surface area contributed by atoms with Crippen molar-refractivity contribution in [2.24, 2.45) is 5.73 Å². The summed E-state index contributed by atoms with van der Waals surface area (Å²) in [6.07, 6.45) is -1.93. The molecule has 0 spiro atoms. The maximum Gasteiger partial charge on any atom is 0.343 e. The Labute approximate surface area is 73.7 Å². The van der Waals surface area contributed by atoms with Gasteiger partial charge >= 0.3 is 15.2 Å². The van der Waals surface area contributed by atoms with Crippen molar-refractivity contribution in [2.75, 3.05) is 6.54 Å². The monoisotopic (exact) mass is 235 g/mol. The first-order valence-corrected chi connectivity index (χ1v) is 6.45. The minimum atomic E-state index is -5.06. The van der Waals surface area contributed by atoms with Gasteiger partial charge in [-0.15, -0.1) is 0 Å². The second-order valence-corrected chi connectivity index (χ2v) is 6.27. The van der Waals surface area contributed by atoms with Gasteiger partial charge in [0.25, 0.3) is 0 Å². The summed E-state index contributed by atoms with van der Waals surface area (Å²) in [6, 6.07) is 0. The highest BCUT2D eigenvalue weighted by molar-refractivity contribution is 7.71. The summed E-state index contributed by atoms with van der Waals surface area (Å²) in [4.78, 5) is 34.1. The third-order valence-corrected chi connectivity index (χ3v) is 5.15. The normalized spacial score (nSPS) is 16.2. The Hall–Kier alpha value is 0.220. The minimum Gasteiger partial charge on any atom is -0.390 e. The van der Waals surface area contributed by atoms with E-state index in [1.165, 1.54) is 0 Å². The fourth-order valence-electron chi connectivity index (χ4n) is 0.766. The van der Waals surface area contributed by atoms with Crippen molar-refractivity contribution < 1.29 is 33.8 Å². The van der Waals surface area contributed by atoms with Crippen LogP contribution in [0.2, 0.25) is 0 Å². The summed E-state index contributed by atoms with van der Waals surface area (Å²) in [6.45, 7) is -0.638. The van der Waals surface area contributed by atoms with E-state index in [1.54, 1.807) is 0 Å². The number of hydrogen-bond acceptors (Lipinski definition) is 4. The van der Waals surface area contributed by atoms with E-state index in [1.807, 2.05) is 0 Å². The van der Waals surface area contributed by atoms with Crippen LogP contribution < -0.4 is 5.73 Å². The Morgan fingerprint density at radius 1 is 1.08 bits per heavy atom. The van der Waals surface area contributed by atoms with Crippen molar-refractivity contribution >= 4 is 15.2 Å². The average molecular weight is 235 g/mol. The van der Waals surface area contributed by atoms with Gasteiger partial charge in [-0.1, -0.05) is 0 Å². The molecule has 0 aromatic carbocycles. The Balaban J connectivity index is 5.01. The zero-order valence-corrected chi connectivity index (χ0v) is 8.18. The molecule has 0 bridgehead atoms. The lowest BCUT2D eigenvalue weighted by Crippen LogP contribution is -2.33. The van der Waals surface area contributed by atoms with Crippen molar-refractivity contribution in [2.45, 2.75) is 11.5 Å². The molecule has 0 saturated heterocycles. The first-order chi connectivity index (χ1) is 5.60. The zero-order chi connectivity index (χ0) is 10.9. The van der Waals surface area contributed by atoms with Crippen LogP contribution >= 0.6 is 15.2 Å². The molecule has 13 heavy (non-hydrogen) atoms. The SMILES string of the molecule is NCC(O)C(P(=O)(O)O)P(=O)(O)O. The van der Waals surface area contributed by atoms with E-state index in [2.05, 4.69) is 0 Å². The van der Waals surface area contributed by atoms with Gasteiger partial charge in [-0.05, 0) is 0 Å². The first-order valence-electron chi connectivity index (χ1n) is 3.09. The second-order valence-electron chi connectivity index (χ2n) is 2.39. The molecule has 0 amide bonds. The molecule has 0 rings (SSSR count). The van der Waals surface area contributed by atoms with Gasteiger partial charge in [-0.25, -0.2) is 0 Å². The average Bonchev–Trinajstić information content (AvgIpc) is 1.80. The molecule has 10 heteroatoms. The van der Waals surface area contributed by atoms with Crippen LogP contribution in [-0.2, 0) is 9.13 Å². The Morgan fingerprint density at radius 3 is 1.46 bits per heavy atom. The van der Waals surface area contributed by atoms with E-state index in [4.69, 9.17) is 30.4 Å². The van der Waals surface area contributed by atoms with Gasteiger partial charge in [-0.2, -0.15) is 0 Å². The Bertz CT molecular complexity index is 232. The van der Waals surface area contributed by atoms with E-state index < -0.39 is 33.2 Å². The molecule has 1 atom stereocenters. The summed E-state index contributed by atoms with van der Waals surface area (Å²) in [5, 5.41) is 6.44. The van der Waals surface area contributed by atoms with E-state index in [-0.39, 0.29) is 0 Å². The number of aliphatic hydroxyl groups is 1. The van der Waals surface area contributed by atoms with Crippen molar-refractivity contribution in [1.29, 1.82) is 0 Å². The highest BCUT2D eigenvalue weighted by atomic mass is 31.2. The summed E-state index contributed by atoms with van der Waals surface area (Å²) in [5.41, 5.74) is 4.83. The van der Waals surface area contributed by atoms with Crippen LogP contribution in [0, 0.1) is 0 Å². The maximum absolute atomic E-state index is 10.6. The molecule has 0 saturated carbocycles. The molecular weight excluding hydrogens is 224 g/mol. The Kier molecular flexibility index (Phi) is 4.23. The molecule has 0 aliphatic rings. The molecule has 80 valence electrons. The van der Waals surface area contributed by atoms with Gasteiger partial charge < -0.3 is 30.4 Å². The predicted octanol–water partition coefficient (Wildman–Crippen LogP) is -2.01. The predicted molar refractivity (Wildman–Crippen MR) is 42.9 cm³/mol. The van der Waals surface area contributed by atoms with Gasteiger partial charge in [0.15, 0.2) is 5.40 Å². The third-order valence-electron chi connectivity index (χ3n) is 1.27. The topological polar surface area (TPSA) is 161 Å². The fourth-order valence-corrected chi connectivity index (χ4v) is 3.47. The van der Waals surface area contributed by atoms with Crippen LogP contribution in [0.4, 0.5) is 0 Å². The maximum atomic E-state index is 10.6. The molecule has 0 aliphatic carbocycles. The number of nitrogens with two attached hydrogens (primary N) is 1. The molecule has 1 unspecified atom stereocenters. The van der Waals surface area contributed by atoms with Crippen LogP contribution in [-0.4, -0.2) is 42.7 Å². The van der Waals surface area contributed by atoms with Crippen LogP contribution in [0.15, 0.2) is 0 Å². The number of rotatable bonds is 4. The zero-order valence-electron chi connectivity index (χ0n) is 6.39. The summed E-state index contributed by atoms with van der Waals surface area (Å²) >= 11 is 0. The standard InChI is InChI=1S/C3H11NO7P2/c4-1-2(5)3(12(6,7)8)13(9,10)11/h2-3,5H,1,4H2,(H2,6,7,8)(H2,9,10,11). The van der Waals surface area contributed by atoms with Gasteiger partial charge in [0.05, 0.1) is 6.10 Å². The third kappa shape index (κ3) is 3.84. The lowest BCUT2D eigenvalue weighted by atomic mass is 10.4. The smallest absolute Gasteiger partial charge is 0.343 e. The largest absolute Gasteiger partial charge is 0.390 e. The van der Waals surface area contributed by atoms with Crippen LogP contribution in [0.5, 0.6) is 0 Å². The van der Waals surface area contributed by atoms with Gasteiger partial charge in [0.1, 0.15) is 0 Å². The Morgan fingerprint density at radius 2 is 1.38 bits per heavy atom. The molecule has 0 fully saturated rings. The molecule has 0 aromatic rings. The van der Waals surface area contributed by atoms with Crippen molar-refractivity contribution in [3.63, 3.8) is 0 Å². The van der Waals surface area contributed by atoms with Crippen LogP contribution in [0.1, 0.15) is 0 Å². The number of aliphatic hydroxyl groups excluding tert-OH is 1. The van der Waals surface area contributed by atoms with Crippen LogP contribution in [0.25, 0.3) is 0 Å². The van der Waals surface area contributed by atoms with Crippen molar-refractivity contribution in [1.82, 2.24) is 0 Å². The van der Waals surface area contributed by atoms with E-state index >= 15 is 0 Å². The highest BCUT2D eigenvalue weighted by Gasteiger charge is 2.47. The van der Waals surface area contributed by atoms with Crippen molar-refractivity contribution in [3.8, 4) is 0 Å². The fraction of sp³-hybridized carbons (Fsp3) is 1.00. The lowest BCUT2D eigenvalue weighted by molar-refractivity contribution is 0.174. The molecular formula is C3H11NO7P2. The van der Waals surface area contributed by atoms with Crippen LogP contribution in [0.3, 0.4) is 0 Å². The quantitative estimate of drug-likeness (QED) is 0.304. The van der Waals surface area contributed by atoms with E-state index in [0.29, 0.717) is 0 Å². The van der Waals surface area contributed by atoms with Gasteiger partial charge in [0.2, 0.25) is 0 Å². The molecule has 8 nitrogen and oxygen atoms in total. The van der Waals surface area contributed by atoms with E-state index in [9.17, 15) is 9.13 Å². The minimum absolute atomic E-state index is 0.638. The molecule has 7 N–H and O–H groups in total. The molecule has 0 radical (unpaired) electrons. The van der Waals surface area contributed by atoms with E-state index in [0.717, 1.165) is 0 Å². The summed E-state index contributed by atoms with van der Waals surface area (Å²) in [5.74, 6) is 0. The molecule has 0 aliphatic heterocycles. The van der Waals surface area contributed by atoms with Gasteiger partial charge in [-0.3, -0.25) is 9.13 Å². The van der Waals surface area contributed by atoms with Gasteiger partial charge in [0, 0.05) is 6.54 Å². The first kappa shape index (κ1) is 13.2.